The normalized spacial score (nSPS) is 16.1. The van der Waals surface area contributed by atoms with Crippen molar-refractivity contribution < 1.29 is 17.9 Å². The monoisotopic (exact) mass is 414 g/mol. The van der Waals surface area contributed by atoms with Crippen molar-refractivity contribution in [2.24, 2.45) is 0 Å². The van der Waals surface area contributed by atoms with Gasteiger partial charge in [0, 0.05) is 17.5 Å². The molecule has 27 heavy (non-hydrogen) atoms. The van der Waals surface area contributed by atoms with Gasteiger partial charge in [0.2, 0.25) is 15.9 Å². The smallest absolute Gasteiger partial charge is 0.243 e. The topological polar surface area (TPSA) is 75.7 Å². The van der Waals surface area contributed by atoms with Crippen molar-refractivity contribution in [2.75, 3.05) is 30.0 Å². The molecule has 1 atom stereocenters. The van der Waals surface area contributed by atoms with Crippen LogP contribution in [0.2, 0.25) is 0 Å². The van der Waals surface area contributed by atoms with E-state index in [1.807, 2.05) is 24.8 Å². The molecule has 2 rings (SSSR count). The van der Waals surface area contributed by atoms with Crippen molar-refractivity contribution in [3.8, 4) is 5.75 Å². The van der Waals surface area contributed by atoms with E-state index >= 15 is 0 Å². The molecule has 1 fully saturated rings. The summed E-state index contributed by atoms with van der Waals surface area (Å²) in [7, 11) is -2.18. The van der Waals surface area contributed by atoms with Crippen molar-refractivity contribution in [3.63, 3.8) is 0 Å². The Kier molecular flexibility index (Phi) is 7.85. The number of benzene rings is 1. The summed E-state index contributed by atoms with van der Waals surface area (Å²) in [6.07, 6.45) is 6.20. The molecule has 6 nitrogen and oxygen atoms in total. The second-order valence-corrected chi connectivity index (χ2v) is 10.2. The van der Waals surface area contributed by atoms with Crippen molar-refractivity contribution >= 4 is 33.4 Å². The number of ether oxygens (including phenoxy) is 1. The number of sulfonamides is 1. The van der Waals surface area contributed by atoms with E-state index in [4.69, 9.17) is 4.74 Å². The molecule has 1 N–H and O–H groups in total. The van der Waals surface area contributed by atoms with Crippen LogP contribution >= 0.6 is 11.8 Å². The van der Waals surface area contributed by atoms with Crippen LogP contribution in [0, 0.1) is 6.92 Å². The van der Waals surface area contributed by atoms with Crippen LogP contribution in [0.4, 0.5) is 5.69 Å². The molecular weight excluding hydrogens is 384 g/mol. The minimum atomic E-state index is -3.67. The van der Waals surface area contributed by atoms with Crippen LogP contribution in [0.15, 0.2) is 18.2 Å². The molecule has 1 aromatic carbocycles. The predicted octanol–water partition coefficient (Wildman–Crippen LogP) is 2.95. The van der Waals surface area contributed by atoms with Gasteiger partial charge in [0.25, 0.3) is 0 Å². The first-order chi connectivity index (χ1) is 12.7. The first-order valence-corrected chi connectivity index (χ1v) is 12.2. The van der Waals surface area contributed by atoms with E-state index in [1.54, 1.807) is 19.1 Å². The fourth-order valence-corrected chi connectivity index (χ4v) is 5.75. The third-order valence-corrected chi connectivity index (χ3v) is 7.33. The Labute approximate surface area is 167 Å². The van der Waals surface area contributed by atoms with Crippen molar-refractivity contribution in [1.82, 2.24) is 5.32 Å². The minimum absolute atomic E-state index is 0.309. The lowest BCUT2D eigenvalue weighted by atomic mass is 10.2. The fraction of sp³-hybridized carbons (Fsp3) is 0.632. The standard InChI is InChI=1S/C19H30N2O4S2/c1-14-9-10-18(25-3)17(13-14)21(27(4,23)24)15(2)19(22)20-11-12-26-16-7-5-6-8-16/h9-10,13,15-16H,5-8,11-12H2,1-4H3,(H,20,22)/t15-/m0/s1. The Balaban J connectivity index is 2.07. The second-order valence-electron chi connectivity index (χ2n) is 6.98. The third kappa shape index (κ3) is 6.04. The largest absolute Gasteiger partial charge is 0.495 e. The molecule has 0 unspecified atom stereocenters. The molecule has 1 aliphatic rings. The number of anilines is 1. The fourth-order valence-electron chi connectivity index (χ4n) is 3.36. The van der Waals surface area contributed by atoms with Gasteiger partial charge in [-0.05, 0) is 44.4 Å². The van der Waals surface area contributed by atoms with E-state index in [0.717, 1.165) is 21.9 Å². The van der Waals surface area contributed by atoms with Gasteiger partial charge in [0.15, 0.2) is 0 Å². The summed E-state index contributed by atoms with van der Waals surface area (Å²) in [5.74, 6) is 0.953. The Hall–Kier alpha value is -1.41. The summed E-state index contributed by atoms with van der Waals surface area (Å²) >= 11 is 1.89. The molecule has 152 valence electrons. The van der Waals surface area contributed by atoms with Crippen LogP contribution in [-0.2, 0) is 14.8 Å². The van der Waals surface area contributed by atoms with Gasteiger partial charge in [-0.1, -0.05) is 18.9 Å². The molecule has 8 heteroatoms. The van der Waals surface area contributed by atoms with Crippen molar-refractivity contribution in [3.05, 3.63) is 23.8 Å². The Bertz CT molecular complexity index is 746. The summed E-state index contributed by atoms with van der Waals surface area (Å²) in [5, 5.41) is 3.57. The molecule has 0 heterocycles. The van der Waals surface area contributed by atoms with Crippen LogP contribution < -0.4 is 14.4 Å². The van der Waals surface area contributed by atoms with Crippen LogP contribution in [-0.4, -0.2) is 51.3 Å². The maximum absolute atomic E-state index is 12.6. The predicted molar refractivity (Wildman–Crippen MR) is 112 cm³/mol. The SMILES string of the molecule is COc1ccc(C)cc1N([C@@H](C)C(=O)NCCSC1CCCC1)S(C)(=O)=O. The number of nitrogens with zero attached hydrogens (tertiary/aromatic N) is 1. The van der Waals surface area contributed by atoms with E-state index in [1.165, 1.54) is 32.8 Å². The molecule has 0 aromatic heterocycles. The molecule has 1 aromatic rings. The summed E-state index contributed by atoms with van der Waals surface area (Å²) in [6, 6.07) is 4.41. The van der Waals surface area contributed by atoms with Crippen molar-refractivity contribution in [2.45, 2.75) is 50.8 Å². The van der Waals surface area contributed by atoms with E-state index in [9.17, 15) is 13.2 Å². The number of hydrogen-bond donors (Lipinski definition) is 1. The molecule has 0 spiro atoms. The number of thioether (sulfide) groups is 1. The summed E-state index contributed by atoms with van der Waals surface area (Å²) in [5.41, 5.74) is 1.27. The zero-order valence-electron chi connectivity index (χ0n) is 16.5. The van der Waals surface area contributed by atoms with Gasteiger partial charge in [-0.3, -0.25) is 9.10 Å². The quantitative estimate of drug-likeness (QED) is 0.629. The van der Waals surface area contributed by atoms with Gasteiger partial charge in [0.1, 0.15) is 11.8 Å². The van der Waals surface area contributed by atoms with Gasteiger partial charge in [-0.15, -0.1) is 0 Å². The third-order valence-electron chi connectivity index (χ3n) is 4.72. The molecule has 1 amide bonds. The average Bonchev–Trinajstić information content (AvgIpc) is 3.11. The highest BCUT2D eigenvalue weighted by atomic mass is 32.2. The maximum Gasteiger partial charge on any atom is 0.243 e. The molecule has 0 aliphatic heterocycles. The Morgan fingerprint density at radius 3 is 2.63 bits per heavy atom. The maximum atomic E-state index is 12.6. The van der Waals surface area contributed by atoms with Gasteiger partial charge >= 0.3 is 0 Å². The molecule has 1 saturated carbocycles. The zero-order chi connectivity index (χ0) is 20.0. The summed E-state index contributed by atoms with van der Waals surface area (Å²) < 4.78 is 31.4. The lowest BCUT2D eigenvalue weighted by Crippen LogP contribution is -2.48. The molecule has 0 radical (unpaired) electrons. The zero-order valence-corrected chi connectivity index (χ0v) is 18.2. The molecule has 0 saturated heterocycles. The number of nitrogens with one attached hydrogen (secondary N) is 1. The first kappa shape index (κ1) is 21.9. The number of aryl methyl sites for hydroxylation is 1. The average molecular weight is 415 g/mol. The van der Waals surface area contributed by atoms with E-state index in [-0.39, 0.29) is 5.91 Å². The van der Waals surface area contributed by atoms with E-state index < -0.39 is 16.1 Å². The van der Waals surface area contributed by atoms with Gasteiger partial charge in [-0.25, -0.2) is 8.42 Å². The molecule has 1 aliphatic carbocycles. The Morgan fingerprint density at radius 1 is 1.37 bits per heavy atom. The lowest BCUT2D eigenvalue weighted by Gasteiger charge is -2.29. The first-order valence-electron chi connectivity index (χ1n) is 9.27. The summed E-state index contributed by atoms with van der Waals surface area (Å²) in [6.45, 7) is 4.00. The minimum Gasteiger partial charge on any atom is -0.495 e. The highest BCUT2D eigenvalue weighted by Gasteiger charge is 2.31. The van der Waals surface area contributed by atoms with E-state index in [0.29, 0.717) is 23.2 Å². The van der Waals surface area contributed by atoms with Crippen LogP contribution in [0.5, 0.6) is 5.75 Å². The second kappa shape index (κ2) is 9.68. The highest BCUT2D eigenvalue weighted by Crippen LogP contribution is 2.32. The number of carbonyl (C=O) groups is 1. The van der Waals surface area contributed by atoms with Crippen LogP contribution in [0.1, 0.15) is 38.2 Å². The number of methoxy groups -OCH3 is 1. The number of rotatable bonds is 9. The van der Waals surface area contributed by atoms with E-state index in [2.05, 4.69) is 5.32 Å². The molecule has 0 bridgehead atoms. The highest BCUT2D eigenvalue weighted by molar-refractivity contribution is 7.99. The van der Waals surface area contributed by atoms with Gasteiger partial charge in [-0.2, -0.15) is 11.8 Å². The lowest BCUT2D eigenvalue weighted by molar-refractivity contribution is -0.121. The Morgan fingerprint density at radius 2 is 2.04 bits per heavy atom. The number of hydrogen-bond acceptors (Lipinski definition) is 5. The van der Waals surface area contributed by atoms with Crippen LogP contribution in [0.3, 0.4) is 0 Å². The van der Waals surface area contributed by atoms with Gasteiger partial charge in [0.05, 0.1) is 19.1 Å². The van der Waals surface area contributed by atoms with Gasteiger partial charge < -0.3 is 10.1 Å². The molecular formula is C19H30N2O4S2. The number of carbonyl (C=O) groups excluding carboxylic acids is 1. The summed E-state index contributed by atoms with van der Waals surface area (Å²) in [4.78, 5) is 12.6. The number of amides is 1. The van der Waals surface area contributed by atoms with Crippen molar-refractivity contribution in [1.29, 1.82) is 0 Å². The van der Waals surface area contributed by atoms with Crippen LogP contribution in [0.25, 0.3) is 0 Å².